The van der Waals surface area contributed by atoms with Crippen molar-refractivity contribution < 1.29 is 19.1 Å². The Kier molecular flexibility index (Phi) is 3.92. The highest BCUT2D eigenvalue weighted by atomic mass is 16.7. The van der Waals surface area contributed by atoms with Crippen LogP contribution < -0.4 is 0 Å². The second-order valence-electron chi connectivity index (χ2n) is 3.68. The molecule has 0 unspecified atom stereocenters. The largest absolute Gasteiger partial charge is 0.508 e. The lowest BCUT2D eigenvalue weighted by Gasteiger charge is -2.13. The second-order valence-corrected chi connectivity index (χ2v) is 3.68. The predicted molar refractivity (Wildman–Crippen MR) is 49.9 cm³/mol. The third kappa shape index (κ3) is 3.01. The van der Waals surface area contributed by atoms with E-state index in [0.717, 1.165) is 0 Å². The lowest BCUT2D eigenvalue weighted by molar-refractivity contribution is -0.117. The maximum Gasteiger partial charge on any atom is 0.508 e. The summed E-state index contributed by atoms with van der Waals surface area (Å²) in [5, 5.41) is 0. The number of carbonyl (C=O) groups is 2. The monoisotopic (exact) mass is 200 g/mol. The Hall–Kier alpha value is -1.06. The van der Waals surface area contributed by atoms with Crippen LogP contribution in [-0.4, -0.2) is 25.2 Å². The average molecular weight is 200 g/mol. The summed E-state index contributed by atoms with van der Waals surface area (Å²) < 4.78 is 9.49. The molecule has 80 valence electrons. The smallest absolute Gasteiger partial charge is 0.435 e. The van der Waals surface area contributed by atoms with Gasteiger partial charge in [0, 0.05) is 18.8 Å². The fourth-order valence-corrected chi connectivity index (χ4v) is 1.66. The van der Waals surface area contributed by atoms with Crippen molar-refractivity contribution in [1.29, 1.82) is 0 Å². The molecule has 0 radical (unpaired) electrons. The van der Waals surface area contributed by atoms with Gasteiger partial charge in [0.25, 0.3) is 0 Å². The summed E-state index contributed by atoms with van der Waals surface area (Å²) in [5.74, 6) is 0.749. The fraction of sp³-hybridized carbons (Fsp3) is 0.800. The first kappa shape index (κ1) is 11.0. The minimum atomic E-state index is -0.640. The molecule has 1 saturated carbocycles. The molecule has 14 heavy (non-hydrogen) atoms. The molecule has 1 aliphatic rings. The molecular formula is C10H16O4. The molecule has 0 N–H and O–H groups in total. The third-order valence-electron chi connectivity index (χ3n) is 2.52. The Bertz CT molecular complexity index is 224. The summed E-state index contributed by atoms with van der Waals surface area (Å²) in [6, 6.07) is 0. The van der Waals surface area contributed by atoms with E-state index in [2.05, 4.69) is 4.74 Å². The molecule has 4 heteroatoms. The van der Waals surface area contributed by atoms with Gasteiger partial charge < -0.3 is 9.47 Å². The molecule has 0 aromatic heterocycles. The molecule has 0 aromatic carbocycles. The normalized spacial score (nSPS) is 26.3. The van der Waals surface area contributed by atoms with Crippen molar-refractivity contribution in [1.82, 2.24) is 0 Å². The van der Waals surface area contributed by atoms with Gasteiger partial charge in [-0.05, 0) is 12.8 Å². The van der Waals surface area contributed by atoms with Crippen LogP contribution in [0.2, 0.25) is 0 Å². The van der Waals surface area contributed by atoms with Crippen LogP contribution in [0, 0.1) is 11.8 Å². The molecule has 2 atom stereocenters. The van der Waals surface area contributed by atoms with Gasteiger partial charge in [0.15, 0.2) is 0 Å². The number of Topliss-reactive ketones (excluding diaryl/α,β-unsaturated/α-hetero) is 1. The van der Waals surface area contributed by atoms with Crippen molar-refractivity contribution in [2.75, 3.05) is 13.2 Å². The van der Waals surface area contributed by atoms with Crippen LogP contribution in [0.3, 0.4) is 0 Å². The Morgan fingerprint density at radius 1 is 1.43 bits per heavy atom. The highest BCUT2D eigenvalue weighted by Crippen LogP contribution is 2.28. The van der Waals surface area contributed by atoms with Crippen molar-refractivity contribution in [3.05, 3.63) is 0 Å². The van der Waals surface area contributed by atoms with E-state index in [4.69, 9.17) is 4.74 Å². The van der Waals surface area contributed by atoms with Crippen molar-refractivity contribution >= 4 is 11.9 Å². The van der Waals surface area contributed by atoms with E-state index in [1.165, 1.54) is 0 Å². The number of ketones is 1. The van der Waals surface area contributed by atoms with Crippen LogP contribution in [0.1, 0.15) is 26.7 Å². The summed E-state index contributed by atoms with van der Waals surface area (Å²) in [7, 11) is 0. The zero-order chi connectivity index (χ0) is 10.6. The summed E-state index contributed by atoms with van der Waals surface area (Å²) in [4.78, 5) is 21.9. The van der Waals surface area contributed by atoms with Crippen molar-refractivity contribution in [2.45, 2.75) is 26.7 Å². The number of ether oxygens (including phenoxy) is 2. The number of hydrogen-bond acceptors (Lipinski definition) is 4. The average Bonchev–Trinajstić information content (AvgIpc) is 2.42. The molecule has 0 aromatic rings. The SMILES string of the molecule is CCOC(=O)OC[C@@H]1CC(=O)C[C@H]1C. The van der Waals surface area contributed by atoms with Gasteiger partial charge in [-0.15, -0.1) is 0 Å². The molecule has 0 spiro atoms. The van der Waals surface area contributed by atoms with E-state index >= 15 is 0 Å². The minimum Gasteiger partial charge on any atom is -0.435 e. The van der Waals surface area contributed by atoms with E-state index in [1.54, 1.807) is 6.92 Å². The maximum absolute atomic E-state index is 11.1. The predicted octanol–water partition coefficient (Wildman–Crippen LogP) is 1.77. The van der Waals surface area contributed by atoms with Gasteiger partial charge in [0.05, 0.1) is 13.2 Å². The topological polar surface area (TPSA) is 52.6 Å². The van der Waals surface area contributed by atoms with Gasteiger partial charge in [-0.25, -0.2) is 4.79 Å². The molecule has 1 aliphatic carbocycles. The fourth-order valence-electron chi connectivity index (χ4n) is 1.66. The van der Waals surface area contributed by atoms with E-state index < -0.39 is 6.16 Å². The summed E-state index contributed by atoms with van der Waals surface area (Å²) in [6.45, 7) is 4.34. The number of carbonyl (C=O) groups excluding carboxylic acids is 2. The van der Waals surface area contributed by atoms with Crippen LogP contribution in [0.25, 0.3) is 0 Å². The van der Waals surface area contributed by atoms with Gasteiger partial charge in [0.1, 0.15) is 5.78 Å². The molecule has 4 nitrogen and oxygen atoms in total. The first-order valence-corrected chi connectivity index (χ1v) is 4.94. The van der Waals surface area contributed by atoms with Gasteiger partial charge in [-0.2, -0.15) is 0 Å². The molecule has 1 rings (SSSR count). The lowest BCUT2D eigenvalue weighted by Crippen LogP contribution is -2.16. The van der Waals surface area contributed by atoms with Gasteiger partial charge in [-0.3, -0.25) is 4.79 Å². The zero-order valence-corrected chi connectivity index (χ0v) is 8.62. The molecule has 0 aliphatic heterocycles. The van der Waals surface area contributed by atoms with Crippen LogP contribution in [0.4, 0.5) is 4.79 Å². The van der Waals surface area contributed by atoms with Gasteiger partial charge in [0.2, 0.25) is 0 Å². The molecule has 1 fully saturated rings. The first-order valence-electron chi connectivity index (χ1n) is 4.94. The Labute approximate surface area is 83.6 Å². The van der Waals surface area contributed by atoms with E-state index in [1.807, 2.05) is 6.92 Å². The van der Waals surface area contributed by atoms with E-state index in [0.29, 0.717) is 32.0 Å². The molecule has 0 amide bonds. The lowest BCUT2D eigenvalue weighted by atomic mass is 10.00. The van der Waals surface area contributed by atoms with Crippen molar-refractivity contribution in [3.8, 4) is 0 Å². The zero-order valence-electron chi connectivity index (χ0n) is 8.62. The maximum atomic E-state index is 11.1. The summed E-state index contributed by atoms with van der Waals surface area (Å²) in [5.41, 5.74) is 0. The van der Waals surface area contributed by atoms with E-state index in [9.17, 15) is 9.59 Å². The summed E-state index contributed by atoms with van der Waals surface area (Å²) in [6.07, 6.45) is 0.497. The Morgan fingerprint density at radius 2 is 2.14 bits per heavy atom. The van der Waals surface area contributed by atoms with Crippen LogP contribution in [0.15, 0.2) is 0 Å². The highest BCUT2D eigenvalue weighted by Gasteiger charge is 2.30. The molecule has 0 saturated heterocycles. The summed E-state index contributed by atoms with van der Waals surface area (Å²) >= 11 is 0. The van der Waals surface area contributed by atoms with Crippen LogP contribution >= 0.6 is 0 Å². The first-order chi connectivity index (χ1) is 6.63. The Balaban J connectivity index is 2.24. The quantitative estimate of drug-likeness (QED) is 0.651. The van der Waals surface area contributed by atoms with Gasteiger partial charge >= 0.3 is 6.16 Å². The number of hydrogen-bond donors (Lipinski definition) is 0. The van der Waals surface area contributed by atoms with Crippen LogP contribution in [-0.2, 0) is 14.3 Å². The standard InChI is InChI=1S/C10H16O4/c1-3-13-10(12)14-6-8-5-9(11)4-7(8)2/h7-8H,3-6H2,1-2H3/t7-,8+/m1/s1. The van der Waals surface area contributed by atoms with Crippen LogP contribution in [0.5, 0.6) is 0 Å². The van der Waals surface area contributed by atoms with E-state index in [-0.39, 0.29) is 11.7 Å². The van der Waals surface area contributed by atoms with Gasteiger partial charge in [-0.1, -0.05) is 6.92 Å². The highest BCUT2D eigenvalue weighted by molar-refractivity contribution is 5.81. The van der Waals surface area contributed by atoms with Crippen molar-refractivity contribution in [3.63, 3.8) is 0 Å². The Morgan fingerprint density at radius 3 is 2.64 bits per heavy atom. The molecular weight excluding hydrogens is 184 g/mol. The third-order valence-corrected chi connectivity index (χ3v) is 2.52. The number of rotatable bonds is 3. The second kappa shape index (κ2) is 4.98. The molecule has 0 heterocycles. The molecule has 0 bridgehead atoms. The minimum absolute atomic E-state index is 0.173. The van der Waals surface area contributed by atoms with Crippen molar-refractivity contribution in [2.24, 2.45) is 11.8 Å².